The molecule has 0 aliphatic carbocycles. The van der Waals surface area contributed by atoms with Gasteiger partial charge in [-0.3, -0.25) is 14.3 Å². The summed E-state index contributed by atoms with van der Waals surface area (Å²) >= 11 is 0. The molecule has 1 atom stereocenters. The molecule has 0 saturated carbocycles. The average molecular weight is 419 g/mol. The van der Waals surface area contributed by atoms with Crippen LogP contribution in [0, 0.1) is 13.8 Å². The van der Waals surface area contributed by atoms with Gasteiger partial charge in [-0.2, -0.15) is 0 Å². The van der Waals surface area contributed by atoms with E-state index in [-0.39, 0.29) is 11.2 Å². The summed E-state index contributed by atoms with van der Waals surface area (Å²) in [4.78, 5) is 37.5. The molecule has 0 bridgehead atoms. The van der Waals surface area contributed by atoms with E-state index in [0.717, 1.165) is 11.1 Å². The van der Waals surface area contributed by atoms with Crippen molar-refractivity contribution in [3.8, 4) is 5.69 Å². The number of esters is 1. The van der Waals surface area contributed by atoms with Crippen molar-refractivity contribution >= 4 is 23.6 Å². The fraction of sp³-hybridized carbons (Fsp3) is 0.208. The molecule has 2 aromatic carbocycles. The molecule has 0 saturated heterocycles. The van der Waals surface area contributed by atoms with Crippen molar-refractivity contribution < 1.29 is 14.3 Å². The molecule has 1 heterocycles. The van der Waals surface area contributed by atoms with Gasteiger partial charge < -0.3 is 10.1 Å². The second-order valence-electron chi connectivity index (χ2n) is 7.25. The van der Waals surface area contributed by atoms with E-state index in [4.69, 9.17) is 4.74 Å². The number of aryl methyl sites for hydroxylation is 1. The summed E-state index contributed by atoms with van der Waals surface area (Å²) in [5, 5.41) is 2.60. The molecule has 0 aliphatic heterocycles. The quantitative estimate of drug-likeness (QED) is 0.491. The van der Waals surface area contributed by atoms with Crippen molar-refractivity contribution in [3.05, 3.63) is 87.8 Å². The monoisotopic (exact) mass is 419 g/mol. The highest BCUT2D eigenvalue weighted by Crippen LogP contribution is 2.14. The number of anilines is 1. The topological polar surface area (TPSA) is 82.3 Å². The van der Waals surface area contributed by atoms with Gasteiger partial charge in [0.05, 0.1) is 11.4 Å². The molecule has 0 unspecified atom stereocenters. The van der Waals surface area contributed by atoms with Gasteiger partial charge in [0, 0.05) is 13.1 Å². The maximum Gasteiger partial charge on any atom is 0.331 e. The Morgan fingerprint density at radius 3 is 2.32 bits per heavy atom. The largest absolute Gasteiger partial charge is 0.449 e. The number of hydrogen-bond donors (Lipinski definition) is 1. The molecule has 160 valence electrons. The number of nitrogens with one attached hydrogen (secondary N) is 1. The molecule has 0 aliphatic rings. The third-order valence-electron chi connectivity index (χ3n) is 4.95. The number of rotatable bonds is 6. The molecule has 0 fully saturated rings. The molecule has 31 heavy (non-hydrogen) atoms. The zero-order valence-electron chi connectivity index (χ0n) is 18.0. The first-order valence-corrected chi connectivity index (χ1v) is 9.88. The molecular weight excluding hydrogens is 394 g/mol. The first kappa shape index (κ1) is 21.8. The average Bonchev–Trinajstić information content (AvgIpc) is 2.97. The number of nitrogens with zero attached hydrogens (tertiary/aromatic N) is 2. The van der Waals surface area contributed by atoms with Crippen molar-refractivity contribution in [3.63, 3.8) is 0 Å². The minimum atomic E-state index is -1.07. The SMILES string of the molecule is Cc1ccc(/C=C/C(=O)O[C@H](C)C(=O)Nc2c(C)n(C)n(-c3ccccc3)c2=O)cc1. The minimum absolute atomic E-state index is 0.148. The molecule has 1 N–H and O–H groups in total. The van der Waals surface area contributed by atoms with E-state index >= 15 is 0 Å². The maximum absolute atomic E-state index is 12.9. The molecule has 1 amide bonds. The summed E-state index contributed by atoms with van der Waals surface area (Å²) in [7, 11) is 1.73. The van der Waals surface area contributed by atoms with E-state index in [0.29, 0.717) is 11.4 Å². The number of hydrogen-bond acceptors (Lipinski definition) is 4. The molecule has 0 radical (unpaired) electrons. The number of carbonyl (C=O) groups excluding carboxylic acids is 2. The maximum atomic E-state index is 12.9. The molecule has 3 aromatic rings. The van der Waals surface area contributed by atoms with E-state index in [1.54, 1.807) is 36.9 Å². The zero-order valence-corrected chi connectivity index (χ0v) is 18.0. The lowest BCUT2D eigenvalue weighted by Crippen LogP contribution is -2.31. The predicted molar refractivity (Wildman–Crippen MR) is 120 cm³/mol. The first-order chi connectivity index (χ1) is 14.8. The van der Waals surface area contributed by atoms with Crippen molar-refractivity contribution in [2.75, 3.05) is 5.32 Å². The molecular formula is C24H25N3O4. The predicted octanol–water partition coefficient (Wildman–Crippen LogP) is 3.38. The summed E-state index contributed by atoms with van der Waals surface area (Å²) in [5.41, 5.74) is 3.01. The number of benzene rings is 2. The van der Waals surface area contributed by atoms with Crippen LogP contribution in [0.4, 0.5) is 5.69 Å². The van der Waals surface area contributed by atoms with Crippen LogP contribution in [0.25, 0.3) is 11.8 Å². The summed E-state index contributed by atoms with van der Waals surface area (Å²) in [6, 6.07) is 16.8. The van der Waals surface area contributed by atoms with Crippen LogP contribution in [0.5, 0.6) is 0 Å². The van der Waals surface area contributed by atoms with Crippen LogP contribution in [-0.2, 0) is 21.4 Å². The number of carbonyl (C=O) groups is 2. The van der Waals surface area contributed by atoms with Crippen LogP contribution in [-0.4, -0.2) is 27.3 Å². The molecule has 1 aromatic heterocycles. The Hall–Kier alpha value is -3.87. The molecule has 3 rings (SSSR count). The minimum Gasteiger partial charge on any atom is -0.449 e. The Morgan fingerprint density at radius 1 is 1.03 bits per heavy atom. The van der Waals surface area contributed by atoms with Gasteiger partial charge in [-0.05, 0) is 44.5 Å². The lowest BCUT2D eigenvalue weighted by Gasteiger charge is -2.11. The molecule has 0 spiro atoms. The van der Waals surface area contributed by atoms with Gasteiger partial charge in [-0.1, -0.05) is 48.0 Å². The van der Waals surface area contributed by atoms with Gasteiger partial charge in [0.1, 0.15) is 5.69 Å². The second-order valence-corrected chi connectivity index (χ2v) is 7.25. The lowest BCUT2D eigenvalue weighted by atomic mass is 10.1. The van der Waals surface area contributed by atoms with Crippen LogP contribution in [0.3, 0.4) is 0 Å². The fourth-order valence-corrected chi connectivity index (χ4v) is 3.05. The van der Waals surface area contributed by atoms with E-state index in [1.807, 2.05) is 49.4 Å². The highest BCUT2D eigenvalue weighted by atomic mass is 16.5. The summed E-state index contributed by atoms with van der Waals surface area (Å²) in [6.07, 6.45) is 1.82. The number of amides is 1. The Morgan fingerprint density at radius 2 is 1.68 bits per heavy atom. The normalized spacial score (nSPS) is 12.0. The Balaban J connectivity index is 1.69. The number of aromatic nitrogens is 2. The van der Waals surface area contributed by atoms with E-state index < -0.39 is 18.0 Å². The standard InChI is InChI=1S/C24H25N3O4/c1-16-10-12-19(13-11-16)14-15-21(28)31-18(3)23(29)25-22-17(2)26(4)27(24(22)30)20-8-6-5-7-9-20/h5-15,18H,1-4H3,(H,25,29)/b15-14+/t18-/m1/s1. The number of para-hydroxylation sites is 1. The highest BCUT2D eigenvalue weighted by Gasteiger charge is 2.22. The van der Waals surface area contributed by atoms with Gasteiger partial charge in [-0.25, -0.2) is 9.48 Å². The van der Waals surface area contributed by atoms with Crippen LogP contribution in [0.1, 0.15) is 23.7 Å². The van der Waals surface area contributed by atoms with Gasteiger partial charge in [0.15, 0.2) is 6.10 Å². The Kier molecular flexibility index (Phi) is 6.55. The summed E-state index contributed by atoms with van der Waals surface area (Å²) in [6.45, 7) is 5.17. The van der Waals surface area contributed by atoms with E-state index in [2.05, 4.69) is 5.32 Å². The lowest BCUT2D eigenvalue weighted by molar-refractivity contribution is -0.148. The van der Waals surface area contributed by atoms with E-state index in [9.17, 15) is 14.4 Å². The summed E-state index contributed by atoms with van der Waals surface area (Å²) in [5.74, 6) is -1.22. The van der Waals surface area contributed by atoms with Crippen molar-refractivity contribution in [1.82, 2.24) is 9.36 Å². The van der Waals surface area contributed by atoms with Gasteiger partial charge in [0.25, 0.3) is 11.5 Å². The third-order valence-corrected chi connectivity index (χ3v) is 4.95. The Labute approximate surface area is 180 Å². The second kappa shape index (κ2) is 9.30. The highest BCUT2D eigenvalue weighted by molar-refractivity contribution is 5.97. The van der Waals surface area contributed by atoms with Crippen LogP contribution in [0.15, 0.2) is 65.5 Å². The zero-order chi connectivity index (χ0) is 22.5. The van der Waals surface area contributed by atoms with Crippen LogP contribution in [0.2, 0.25) is 0 Å². The van der Waals surface area contributed by atoms with E-state index in [1.165, 1.54) is 17.7 Å². The fourth-order valence-electron chi connectivity index (χ4n) is 3.05. The third kappa shape index (κ3) is 5.01. The van der Waals surface area contributed by atoms with Gasteiger partial charge >= 0.3 is 5.97 Å². The van der Waals surface area contributed by atoms with Crippen molar-refractivity contribution in [1.29, 1.82) is 0 Å². The van der Waals surface area contributed by atoms with Crippen LogP contribution >= 0.6 is 0 Å². The summed E-state index contributed by atoms with van der Waals surface area (Å²) < 4.78 is 8.30. The first-order valence-electron chi connectivity index (χ1n) is 9.88. The van der Waals surface area contributed by atoms with Gasteiger partial charge in [0.2, 0.25) is 0 Å². The van der Waals surface area contributed by atoms with Crippen molar-refractivity contribution in [2.45, 2.75) is 26.9 Å². The van der Waals surface area contributed by atoms with Gasteiger partial charge in [-0.15, -0.1) is 0 Å². The smallest absolute Gasteiger partial charge is 0.331 e. The molecule has 7 nitrogen and oxygen atoms in total. The van der Waals surface area contributed by atoms with Crippen molar-refractivity contribution in [2.24, 2.45) is 7.05 Å². The molecule has 7 heteroatoms. The van der Waals surface area contributed by atoms with Crippen LogP contribution < -0.4 is 10.9 Å². The number of ether oxygens (including phenoxy) is 1. The Bertz CT molecular complexity index is 1170.